The lowest BCUT2D eigenvalue weighted by atomic mass is 10.1. The van der Waals surface area contributed by atoms with Crippen molar-refractivity contribution < 1.29 is 22.3 Å². The van der Waals surface area contributed by atoms with E-state index in [1.807, 2.05) is 0 Å². The number of benzene rings is 2. The highest BCUT2D eigenvalue weighted by Gasteiger charge is 2.25. The zero-order chi connectivity index (χ0) is 18.7. The Morgan fingerprint density at radius 2 is 2.00 bits per heavy atom. The predicted octanol–water partition coefficient (Wildman–Crippen LogP) is 2.46. The zero-order valence-corrected chi connectivity index (χ0v) is 15.0. The summed E-state index contributed by atoms with van der Waals surface area (Å²) in [4.78, 5) is 11.6. The third-order valence-electron chi connectivity index (χ3n) is 4.07. The topological polar surface area (TPSA) is 84.5 Å². The second-order valence-electron chi connectivity index (χ2n) is 6.00. The van der Waals surface area contributed by atoms with Gasteiger partial charge in [0.05, 0.1) is 10.6 Å². The van der Waals surface area contributed by atoms with Crippen LogP contribution in [0.15, 0.2) is 47.4 Å². The molecule has 1 aliphatic heterocycles. The molecule has 2 N–H and O–H groups in total. The van der Waals surface area contributed by atoms with Crippen LogP contribution in [0.25, 0.3) is 0 Å². The molecule has 6 nitrogen and oxygen atoms in total. The molecule has 1 amide bonds. The summed E-state index contributed by atoms with van der Waals surface area (Å²) < 4.78 is 46.3. The van der Waals surface area contributed by atoms with Crippen LogP contribution in [0.2, 0.25) is 0 Å². The summed E-state index contributed by atoms with van der Waals surface area (Å²) in [6.07, 6.45) is 0.218. The molecule has 0 saturated heterocycles. The minimum Gasteiger partial charge on any atom is -0.479 e. The fourth-order valence-corrected chi connectivity index (χ4v) is 3.71. The lowest BCUT2D eigenvalue weighted by molar-refractivity contribution is -0.122. The number of aryl methyl sites for hydroxylation is 1. The lowest BCUT2D eigenvalue weighted by Crippen LogP contribution is -2.34. The number of hydrogen-bond acceptors (Lipinski definition) is 4. The lowest BCUT2D eigenvalue weighted by Gasteiger charge is -2.23. The van der Waals surface area contributed by atoms with Gasteiger partial charge in [-0.2, -0.15) is 0 Å². The first-order chi connectivity index (χ1) is 12.4. The van der Waals surface area contributed by atoms with Crippen molar-refractivity contribution in [2.24, 2.45) is 0 Å². The smallest absolute Gasteiger partial charge is 0.265 e. The number of amides is 1. The van der Waals surface area contributed by atoms with Crippen molar-refractivity contribution in [3.05, 3.63) is 53.8 Å². The Morgan fingerprint density at radius 1 is 1.23 bits per heavy atom. The molecule has 3 rings (SSSR count). The summed E-state index contributed by atoms with van der Waals surface area (Å²) in [6.45, 7) is 1.77. The molecular weight excluding hydrogens is 359 g/mol. The van der Waals surface area contributed by atoms with Gasteiger partial charge in [-0.25, -0.2) is 17.5 Å². The summed E-state index contributed by atoms with van der Waals surface area (Å²) in [7, 11) is -3.73. The van der Waals surface area contributed by atoms with Crippen molar-refractivity contribution >= 4 is 21.6 Å². The van der Waals surface area contributed by atoms with Gasteiger partial charge in [-0.15, -0.1) is 0 Å². The first-order valence-electron chi connectivity index (χ1n) is 8.21. The number of carbonyl (C=O) groups excluding carboxylic acids is 1. The minimum absolute atomic E-state index is 0.0468. The third-order valence-corrected chi connectivity index (χ3v) is 5.53. The van der Waals surface area contributed by atoms with E-state index < -0.39 is 16.1 Å². The maximum absolute atomic E-state index is 13.6. The van der Waals surface area contributed by atoms with Crippen LogP contribution in [-0.2, 0) is 21.2 Å². The van der Waals surface area contributed by atoms with Crippen LogP contribution in [0, 0.1) is 5.82 Å². The molecule has 26 heavy (non-hydrogen) atoms. The molecule has 0 unspecified atom stereocenters. The van der Waals surface area contributed by atoms with Crippen molar-refractivity contribution in [3.8, 4) is 5.75 Å². The van der Waals surface area contributed by atoms with Crippen molar-refractivity contribution in [1.82, 2.24) is 4.72 Å². The van der Waals surface area contributed by atoms with Gasteiger partial charge in [0.2, 0.25) is 10.0 Å². The van der Waals surface area contributed by atoms with E-state index in [-0.39, 0.29) is 23.2 Å². The average Bonchev–Trinajstić information content (AvgIpc) is 2.60. The molecule has 1 heterocycles. The normalized spacial score (nSPS) is 16.5. The fourth-order valence-electron chi connectivity index (χ4n) is 2.62. The van der Waals surface area contributed by atoms with E-state index in [1.165, 1.54) is 24.3 Å². The Balaban J connectivity index is 1.63. The second kappa shape index (κ2) is 7.43. The molecule has 8 heteroatoms. The molecule has 0 saturated carbocycles. The van der Waals surface area contributed by atoms with Gasteiger partial charge in [0.25, 0.3) is 5.91 Å². The SMILES string of the molecule is C[C@H]1Oc2cc(S(=O)(=O)NCCCc3ccccc3F)ccc2NC1=O. The van der Waals surface area contributed by atoms with Gasteiger partial charge in [-0.3, -0.25) is 4.79 Å². The number of halogens is 1. The number of nitrogens with one attached hydrogen (secondary N) is 2. The molecular formula is C18H19FN2O4S. The van der Waals surface area contributed by atoms with Crippen LogP contribution < -0.4 is 14.8 Å². The first kappa shape index (κ1) is 18.3. The molecule has 2 aromatic rings. The predicted molar refractivity (Wildman–Crippen MR) is 95.1 cm³/mol. The first-order valence-corrected chi connectivity index (χ1v) is 9.70. The van der Waals surface area contributed by atoms with E-state index in [2.05, 4.69) is 10.0 Å². The highest BCUT2D eigenvalue weighted by atomic mass is 32.2. The van der Waals surface area contributed by atoms with E-state index in [0.29, 0.717) is 29.8 Å². The third kappa shape index (κ3) is 4.03. The largest absolute Gasteiger partial charge is 0.479 e. The summed E-state index contributed by atoms with van der Waals surface area (Å²) in [5.41, 5.74) is 0.991. The van der Waals surface area contributed by atoms with E-state index in [4.69, 9.17) is 4.74 Å². The second-order valence-corrected chi connectivity index (χ2v) is 7.77. The van der Waals surface area contributed by atoms with Crippen LogP contribution in [-0.4, -0.2) is 27.0 Å². The van der Waals surface area contributed by atoms with E-state index in [0.717, 1.165) is 0 Å². The number of rotatable bonds is 6. The van der Waals surface area contributed by atoms with Crippen LogP contribution in [0.4, 0.5) is 10.1 Å². The monoisotopic (exact) mass is 378 g/mol. The molecule has 2 aromatic carbocycles. The molecule has 0 aromatic heterocycles. The number of fused-ring (bicyclic) bond motifs is 1. The molecule has 0 radical (unpaired) electrons. The Bertz CT molecular complexity index is 931. The highest BCUT2D eigenvalue weighted by molar-refractivity contribution is 7.89. The minimum atomic E-state index is -3.73. The Morgan fingerprint density at radius 3 is 2.77 bits per heavy atom. The van der Waals surface area contributed by atoms with Gasteiger partial charge < -0.3 is 10.1 Å². The van der Waals surface area contributed by atoms with Crippen molar-refractivity contribution in [2.45, 2.75) is 30.8 Å². The number of anilines is 1. The van der Waals surface area contributed by atoms with Gasteiger partial charge in [-0.1, -0.05) is 18.2 Å². The Kier molecular flexibility index (Phi) is 5.24. The van der Waals surface area contributed by atoms with Crippen LogP contribution in [0.3, 0.4) is 0 Å². The average molecular weight is 378 g/mol. The number of sulfonamides is 1. The van der Waals surface area contributed by atoms with Crippen LogP contribution in [0.1, 0.15) is 18.9 Å². The highest BCUT2D eigenvalue weighted by Crippen LogP contribution is 2.31. The van der Waals surface area contributed by atoms with E-state index in [9.17, 15) is 17.6 Å². The molecule has 1 aliphatic rings. The molecule has 0 aliphatic carbocycles. The fraction of sp³-hybridized carbons (Fsp3) is 0.278. The summed E-state index contributed by atoms with van der Waals surface area (Å²) >= 11 is 0. The van der Waals surface area contributed by atoms with Crippen molar-refractivity contribution in [1.29, 1.82) is 0 Å². The number of ether oxygens (including phenoxy) is 1. The van der Waals surface area contributed by atoms with E-state index in [1.54, 1.807) is 25.1 Å². The number of hydrogen-bond donors (Lipinski definition) is 2. The molecule has 0 bridgehead atoms. The van der Waals surface area contributed by atoms with E-state index >= 15 is 0 Å². The molecule has 138 valence electrons. The van der Waals surface area contributed by atoms with Gasteiger partial charge in [-0.05, 0) is 43.5 Å². The Labute approximate surface area is 151 Å². The summed E-state index contributed by atoms with van der Waals surface area (Å²) in [5.74, 6) is -0.260. The van der Waals surface area contributed by atoms with Crippen LogP contribution in [0.5, 0.6) is 5.75 Å². The van der Waals surface area contributed by atoms with Gasteiger partial charge >= 0.3 is 0 Å². The van der Waals surface area contributed by atoms with Crippen molar-refractivity contribution in [3.63, 3.8) is 0 Å². The van der Waals surface area contributed by atoms with Gasteiger partial charge in [0.1, 0.15) is 11.6 Å². The molecule has 0 fully saturated rings. The maximum atomic E-state index is 13.6. The maximum Gasteiger partial charge on any atom is 0.265 e. The van der Waals surface area contributed by atoms with Gasteiger partial charge in [0, 0.05) is 12.6 Å². The molecule has 1 atom stereocenters. The summed E-state index contributed by atoms with van der Waals surface area (Å²) in [6, 6.07) is 10.7. The molecule has 0 spiro atoms. The quantitative estimate of drug-likeness (QED) is 0.757. The van der Waals surface area contributed by atoms with Gasteiger partial charge in [0.15, 0.2) is 6.10 Å². The van der Waals surface area contributed by atoms with Crippen LogP contribution >= 0.6 is 0 Å². The zero-order valence-electron chi connectivity index (χ0n) is 14.2. The summed E-state index contributed by atoms with van der Waals surface area (Å²) in [5, 5.41) is 2.65. The van der Waals surface area contributed by atoms with Crippen molar-refractivity contribution in [2.75, 3.05) is 11.9 Å². The number of carbonyl (C=O) groups is 1. The Hall–Kier alpha value is -2.45. The standard InChI is InChI=1S/C18H19FN2O4S/c1-12-18(22)21-16-9-8-14(11-17(16)25-12)26(23,24)20-10-4-6-13-5-2-3-7-15(13)19/h2-3,5,7-9,11-12,20H,4,6,10H2,1H3,(H,21,22)/t12-/m1/s1.